The van der Waals surface area contributed by atoms with E-state index < -0.39 is 0 Å². The Labute approximate surface area is 139 Å². The first-order valence-corrected chi connectivity index (χ1v) is 8.37. The Morgan fingerprint density at radius 1 is 0.913 bits per heavy atom. The van der Waals surface area contributed by atoms with Gasteiger partial charge < -0.3 is 9.47 Å². The fourth-order valence-electron chi connectivity index (χ4n) is 2.22. The van der Waals surface area contributed by atoms with E-state index in [0.717, 1.165) is 18.4 Å². The highest BCUT2D eigenvalue weighted by atomic mass is 16.6. The Bertz CT molecular complexity index is 542. The van der Waals surface area contributed by atoms with Crippen molar-refractivity contribution in [1.82, 2.24) is 0 Å². The van der Waals surface area contributed by atoms with Gasteiger partial charge in [-0.3, -0.25) is 9.59 Å². The molecule has 128 valence electrons. The summed E-state index contributed by atoms with van der Waals surface area (Å²) < 4.78 is 11.0. The molecule has 0 fully saturated rings. The number of esters is 2. The fourth-order valence-corrected chi connectivity index (χ4v) is 2.22. The summed E-state index contributed by atoms with van der Waals surface area (Å²) in [6.45, 7) is 11.3. The van der Waals surface area contributed by atoms with Crippen LogP contribution in [-0.2, 0) is 9.59 Å². The van der Waals surface area contributed by atoms with Gasteiger partial charge in [-0.15, -0.1) is 0 Å². The van der Waals surface area contributed by atoms with Crippen LogP contribution in [0.3, 0.4) is 0 Å². The van der Waals surface area contributed by atoms with Gasteiger partial charge in [-0.25, -0.2) is 0 Å². The van der Waals surface area contributed by atoms with Crippen molar-refractivity contribution in [2.75, 3.05) is 0 Å². The van der Waals surface area contributed by atoms with Crippen LogP contribution in [0.2, 0.25) is 0 Å². The van der Waals surface area contributed by atoms with Gasteiger partial charge in [-0.2, -0.15) is 0 Å². The maximum absolute atomic E-state index is 12.1. The summed E-state index contributed by atoms with van der Waals surface area (Å²) in [5.74, 6) is -0.212. The zero-order valence-electron chi connectivity index (χ0n) is 15.0. The molecule has 0 saturated carbocycles. The minimum absolute atomic E-state index is 0.250. The van der Waals surface area contributed by atoms with E-state index in [4.69, 9.17) is 9.47 Å². The standard InChI is InChI=1S/C19H28O4/c1-7-14(8-2)15-10-9-11-16(22-18(20)12(3)4)17(15)23-19(21)13(5)6/h9-14H,7-8H2,1-6H3. The van der Waals surface area contributed by atoms with Crippen molar-refractivity contribution in [3.63, 3.8) is 0 Å². The van der Waals surface area contributed by atoms with E-state index in [1.807, 2.05) is 12.1 Å². The van der Waals surface area contributed by atoms with Crippen LogP contribution in [0.4, 0.5) is 0 Å². The van der Waals surface area contributed by atoms with Crippen LogP contribution in [0.1, 0.15) is 65.9 Å². The van der Waals surface area contributed by atoms with Crippen LogP contribution in [-0.4, -0.2) is 11.9 Å². The largest absolute Gasteiger partial charge is 0.422 e. The number of ether oxygens (including phenoxy) is 2. The molecule has 4 nitrogen and oxygen atoms in total. The van der Waals surface area contributed by atoms with Crippen molar-refractivity contribution >= 4 is 11.9 Å². The third kappa shape index (κ3) is 5.08. The third-order valence-electron chi connectivity index (χ3n) is 3.79. The SMILES string of the molecule is CCC(CC)c1cccc(OC(=O)C(C)C)c1OC(=O)C(C)C. The molecule has 0 aliphatic rings. The average molecular weight is 320 g/mol. The van der Waals surface area contributed by atoms with Crippen LogP contribution in [0.5, 0.6) is 11.5 Å². The Balaban J connectivity index is 3.30. The predicted octanol–water partition coefficient (Wildman–Crippen LogP) is 4.71. The van der Waals surface area contributed by atoms with E-state index in [1.165, 1.54) is 0 Å². The second-order valence-electron chi connectivity index (χ2n) is 6.34. The van der Waals surface area contributed by atoms with Gasteiger partial charge in [-0.1, -0.05) is 53.7 Å². The number of hydrogen-bond donors (Lipinski definition) is 0. The lowest BCUT2D eigenvalue weighted by molar-refractivity contribution is -0.140. The summed E-state index contributed by atoms with van der Waals surface area (Å²) in [6, 6.07) is 5.45. The van der Waals surface area contributed by atoms with Crippen molar-refractivity contribution in [1.29, 1.82) is 0 Å². The molecule has 1 aromatic carbocycles. The molecule has 0 bridgehead atoms. The van der Waals surface area contributed by atoms with Crippen molar-refractivity contribution in [2.24, 2.45) is 11.8 Å². The molecule has 4 heteroatoms. The first-order valence-electron chi connectivity index (χ1n) is 8.37. The van der Waals surface area contributed by atoms with Gasteiger partial charge in [0.15, 0.2) is 11.5 Å². The van der Waals surface area contributed by atoms with Gasteiger partial charge in [0.1, 0.15) is 0 Å². The monoisotopic (exact) mass is 320 g/mol. The summed E-state index contributed by atoms with van der Waals surface area (Å²) >= 11 is 0. The van der Waals surface area contributed by atoms with Gasteiger partial charge in [0.2, 0.25) is 0 Å². The molecular weight excluding hydrogens is 292 g/mol. The Kier molecular flexibility index (Phi) is 7.27. The first-order chi connectivity index (χ1) is 10.8. The molecule has 1 aromatic rings. The van der Waals surface area contributed by atoms with Gasteiger partial charge >= 0.3 is 11.9 Å². The minimum atomic E-state index is -0.339. The molecule has 0 unspecified atom stereocenters. The van der Waals surface area contributed by atoms with Crippen LogP contribution in [0.15, 0.2) is 18.2 Å². The topological polar surface area (TPSA) is 52.6 Å². The normalized spacial score (nSPS) is 11.2. The lowest BCUT2D eigenvalue weighted by Crippen LogP contribution is -2.19. The zero-order valence-corrected chi connectivity index (χ0v) is 15.0. The number of carbonyl (C=O) groups is 2. The summed E-state index contributed by atoms with van der Waals surface area (Å²) in [5, 5.41) is 0. The van der Waals surface area contributed by atoms with Gasteiger partial charge in [0.25, 0.3) is 0 Å². The first kappa shape index (κ1) is 19.2. The van der Waals surface area contributed by atoms with Crippen LogP contribution in [0.25, 0.3) is 0 Å². The molecule has 0 atom stereocenters. The molecule has 0 radical (unpaired) electrons. The molecule has 0 aliphatic carbocycles. The third-order valence-corrected chi connectivity index (χ3v) is 3.79. The quantitative estimate of drug-likeness (QED) is 0.539. The molecule has 0 aliphatic heterocycles. The van der Waals surface area contributed by atoms with Gasteiger partial charge in [0.05, 0.1) is 11.8 Å². The van der Waals surface area contributed by atoms with Crippen molar-refractivity contribution < 1.29 is 19.1 Å². The highest BCUT2D eigenvalue weighted by Gasteiger charge is 2.23. The molecule has 0 spiro atoms. The molecule has 0 saturated heterocycles. The zero-order chi connectivity index (χ0) is 17.6. The van der Waals surface area contributed by atoms with Crippen LogP contribution >= 0.6 is 0 Å². The molecular formula is C19H28O4. The fraction of sp³-hybridized carbons (Fsp3) is 0.579. The van der Waals surface area contributed by atoms with Crippen LogP contribution < -0.4 is 9.47 Å². The highest BCUT2D eigenvalue weighted by Crippen LogP contribution is 2.39. The van der Waals surface area contributed by atoms with Crippen molar-refractivity contribution in [3.05, 3.63) is 23.8 Å². The van der Waals surface area contributed by atoms with E-state index in [1.54, 1.807) is 33.8 Å². The molecule has 0 aromatic heterocycles. The smallest absolute Gasteiger partial charge is 0.313 e. The lowest BCUT2D eigenvalue weighted by atomic mass is 9.93. The second kappa shape index (κ2) is 8.70. The maximum atomic E-state index is 12.1. The van der Waals surface area contributed by atoms with E-state index in [2.05, 4.69) is 13.8 Å². The minimum Gasteiger partial charge on any atom is -0.422 e. The number of para-hydroxylation sites is 1. The average Bonchev–Trinajstić information content (AvgIpc) is 2.50. The van der Waals surface area contributed by atoms with Crippen molar-refractivity contribution in [2.45, 2.75) is 60.3 Å². The van der Waals surface area contributed by atoms with E-state index in [0.29, 0.717) is 11.5 Å². The predicted molar refractivity (Wildman–Crippen MR) is 90.7 cm³/mol. The number of carbonyl (C=O) groups excluding carboxylic acids is 2. The molecule has 0 N–H and O–H groups in total. The van der Waals surface area contributed by atoms with Crippen molar-refractivity contribution in [3.8, 4) is 11.5 Å². The summed E-state index contributed by atoms with van der Waals surface area (Å²) in [7, 11) is 0. The van der Waals surface area contributed by atoms with Gasteiger partial charge in [-0.05, 0) is 24.8 Å². The molecule has 23 heavy (non-hydrogen) atoms. The Hall–Kier alpha value is -1.84. The second-order valence-corrected chi connectivity index (χ2v) is 6.34. The van der Waals surface area contributed by atoms with Gasteiger partial charge in [0, 0.05) is 5.56 Å². The number of rotatable bonds is 7. The summed E-state index contributed by atoms with van der Waals surface area (Å²) in [4.78, 5) is 24.0. The summed E-state index contributed by atoms with van der Waals surface area (Å²) in [6.07, 6.45) is 1.84. The molecule has 1 rings (SSSR count). The highest BCUT2D eigenvalue weighted by molar-refractivity contribution is 5.78. The molecule has 0 amide bonds. The number of benzene rings is 1. The number of hydrogen-bond acceptors (Lipinski definition) is 4. The maximum Gasteiger partial charge on any atom is 0.313 e. The van der Waals surface area contributed by atoms with Crippen LogP contribution in [0, 0.1) is 11.8 Å². The lowest BCUT2D eigenvalue weighted by Gasteiger charge is -2.20. The molecule has 0 heterocycles. The van der Waals surface area contributed by atoms with E-state index in [-0.39, 0.29) is 29.7 Å². The Morgan fingerprint density at radius 3 is 1.91 bits per heavy atom. The summed E-state index contributed by atoms with van der Waals surface area (Å²) in [5.41, 5.74) is 0.915. The van der Waals surface area contributed by atoms with E-state index in [9.17, 15) is 9.59 Å². The van der Waals surface area contributed by atoms with E-state index >= 15 is 0 Å². The Morgan fingerprint density at radius 2 is 1.43 bits per heavy atom.